The Morgan fingerprint density at radius 2 is 1.82 bits per heavy atom. The number of hydrogen-bond donors (Lipinski definition) is 2. The molecular formula is C25H35F3N4O2. The topological polar surface area (TPSA) is 71.4 Å². The average molecular weight is 481 g/mol. The Labute approximate surface area is 198 Å². The van der Waals surface area contributed by atoms with Gasteiger partial charge in [0.25, 0.3) is 5.91 Å². The number of amides is 1. The normalized spacial score (nSPS) is 16.0. The average Bonchev–Trinajstić information content (AvgIpc) is 3.07. The monoisotopic (exact) mass is 480 g/mol. The van der Waals surface area contributed by atoms with Crippen LogP contribution < -0.4 is 15.8 Å². The summed E-state index contributed by atoms with van der Waals surface area (Å²) >= 11 is 0. The van der Waals surface area contributed by atoms with E-state index in [9.17, 15) is 18.0 Å². The summed E-state index contributed by atoms with van der Waals surface area (Å²) in [5.74, 6) is -0.151. The highest BCUT2D eigenvalue weighted by Crippen LogP contribution is 2.33. The highest BCUT2D eigenvalue weighted by Gasteiger charge is 2.32. The molecule has 0 spiro atoms. The fourth-order valence-corrected chi connectivity index (χ4v) is 3.52. The third kappa shape index (κ3) is 6.74. The smallest absolute Gasteiger partial charge is 0.407 e. The number of aryl methyl sites for hydroxylation is 1. The molecule has 1 aliphatic rings. The minimum Gasteiger partial charge on any atom is -0.407 e. The lowest BCUT2D eigenvalue weighted by Crippen LogP contribution is -2.38. The SMILES string of the molecule is CC(C)(C)NOc1ccc(C(F)(F)F)cc1C(=O)N=c1cc(C(C)(C)C)[nH]n1CCC1CCC1. The van der Waals surface area contributed by atoms with E-state index in [1.165, 1.54) is 19.3 Å². The van der Waals surface area contributed by atoms with E-state index in [1.54, 1.807) is 6.07 Å². The zero-order valence-corrected chi connectivity index (χ0v) is 20.8. The van der Waals surface area contributed by atoms with E-state index in [1.807, 2.05) is 46.2 Å². The first-order valence-electron chi connectivity index (χ1n) is 11.7. The first-order chi connectivity index (χ1) is 15.6. The van der Waals surface area contributed by atoms with E-state index >= 15 is 0 Å². The van der Waals surface area contributed by atoms with Gasteiger partial charge in [0.15, 0.2) is 11.2 Å². The number of nitrogens with one attached hydrogen (secondary N) is 2. The molecule has 0 saturated heterocycles. The van der Waals surface area contributed by atoms with Crippen LogP contribution in [-0.4, -0.2) is 21.2 Å². The first kappa shape index (κ1) is 26.1. The Hall–Kier alpha value is -2.55. The van der Waals surface area contributed by atoms with Gasteiger partial charge in [0.05, 0.1) is 11.1 Å². The lowest BCUT2D eigenvalue weighted by Gasteiger charge is -2.25. The molecule has 1 aromatic heterocycles. The molecule has 2 N–H and O–H groups in total. The number of hydrogen-bond acceptors (Lipinski definition) is 3. The van der Waals surface area contributed by atoms with E-state index in [4.69, 9.17) is 4.84 Å². The van der Waals surface area contributed by atoms with Crippen molar-refractivity contribution in [3.8, 4) is 5.75 Å². The molecule has 0 bridgehead atoms. The van der Waals surface area contributed by atoms with Gasteiger partial charge in [-0.15, -0.1) is 0 Å². The predicted molar refractivity (Wildman–Crippen MR) is 124 cm³/mol. The third-order valence-corrected chi connectivity index (χ3v) is 5.82. The van der Waals surface area contributed by atoms with Crippen LogP contribution in [0.15, 0.2) is 29.3 Å². The van der Waals surface area contributed by atoms with Crippen molar-refractivity contribution in [2.75, 3.05) is 0 Å². The van der Waals surface area contributed by atoms with E-state index in [2.05, 4.69) is 15.6 Å². The summed E-state index contributed by atoms with van der Waals surface area (Å²) in [5, 5.41) is 3.32. The fourth-order valence-electron chi connectivity index (χ4n) is 3.52. The molecule has 3 rings (SSSR count). The number of benzene rings is 1. The second-order valence-electron chi connectivity index (χ2n) is 11.1. The van der Waals surface area contributed by atoms with Crippen molar-refractivity contribution < 1.29 is 22.8 Å². The summed E-state index contributed by atoms with van der Waals surface area (Å²) in [6.45, 7) is 12.3. The summed E-state index contributed by atoms with van der Waals surface area (Å²) in [5.41, 5.74) is 2.15. The summed E-state index contributed by atoms with van der Waals surface area (Å²) in [7, 11) is 0. The maximum atomic E-state index is 13.4. The molecule has 1 amide bonds. The second-order valence-corrected chi connectivity index (χ2v) is 11.1. The number of rotatable bonds is 6. The molecular weight excluding hydrogens is 445 g/mol. The molecule has 1 aliphatic carbocycles. The lowest BCUT2D eigenvalue weighted by atomic mass is 9.83. The number of nitrogens with zero attached hydrogens (tertiary/aromatic N) is 2. The van der Waals surface area contributed by atoms with Gasteiger partial charge in [-0.05, 0) is 51.3 Å². The minimum atomic E-state index is -4.60. The van der Waals surface area contributed by atoms with Gasteiger partial charge in [-0.3, -0.25) is 9.48 Å². The molecule has 1 heterocycles. The molecule has 0 unspecified atom stereocenters. The Balaban J connectivity index is 2.01. The summed E-state index contributed by atoms with van der Waals surface area (Å²) in [6, 6.07) is 4.62. The van der Waals surface area contributed by atoms with E-state index in [0.717, 1.165) is 30.3 Å². The summed E-state index contributed by atoms with van der Waals surface area (Å²) < 4.78 is 41.9. The molecule has 0 aliphatic heterocycles. The van der Waals surface area contributed by atoms with Gasteiger partial charge in [-0.1, -0.05) is 40.0 Å². The molecule has 0 atom stereocenters. The van der Waals surface area contributed by atoms with Gasteiger partial charge in [-0.2, -0.15) is 23.6 Å². The van der Waals surface area contributed by atoms with Gasteiger partial charge in [0.2, 0.25) is 0 Å². The van der Waals surface area contributed by atoms with E-state index in [0.29, 0.717) is 18.0 Å². The number of aromatic amines is 1. The number of hydroxylamine groups is 1. The van der Waals surface area contributed by atoms with Crippen LogP contribution in [0.5, 0.6) is 5.75 Å². The maximum Gasteiger partial charge on any atom is 0.416 e. The van der Waals surface area contributed by atoms with Crippen LogP contribution >= 0.6 is 0 Å². The summed E-state index contributed by atoms with van der Waals surface area (Å²) in [4.78, 5) is 22.9. The molecule has 1 saturated carbocycles. The number of H-pyrrole nitrogens is 1. The minimum absolute atomic E-state index is 0.00993. The van der Waals surface area contributed by atoms with Crippen LogP contribution in [0.3, 0.4) is 0 Å². The van der Waals surface area contributed by atoms with Gasteiger partial charge in [0.1, 0.15) is 0 Å². The van der Waals surface area contributed by atoms with Crippen LogP contribution in [-0.2, 0) is 18.1 Å². The molecule has 1 fully saturated rings. The Morgan fingerprint density at radius 1 is 1.15 bits per heavy atom. The Kier molecular flexibility index (Phi) is 7.36. The third-order valence-electron chi connectivity index (χ3n) is 5.82. The van der Waals surface area contributed by atoms with Crippen LogP contribution in [0, 0.1) is 5.92 Å². The molecule has 34 heavy (non-hydrogen) atoms. The fraction of sp³-hybridized carbons (Fsp3) is 0.600. The lowest BCUT2D eigenvalue weighted by molar-refractivity contribution is -0.137. The van der Waals surface area contributed by atoms with Gasteiger partial charge < -0.3 is 9.94 Å². The molecule has 6 nitrogen and oxygen atoms in total. The van der Waals surface area contributed by atoms with Gasteiger partial charge in [-0.25, -0.2) is 0 Å². The van der Waals surface area contributed by atoms with Crippen LogP contribution in [0.1, 0.15) is 88.8 Å². The highest BCUT2D eigenvalue weighted by molar-refractivity contribution is 5.97. The number of alkyl halides is 3. The molecule has 0 radical (unpaired) electrons. The van der Waals surface area contributed by atoms with Crippen molar-refractivity contribution in [2.45, 2.75) is 90.9 Å². The van der Waals surface area contributed by atoms with E-state index < -0.39 is 23.2 Å². The number of aromatic nitrogens is 2. The maximum absolute atomic E-state index is 13.4. The van der Waals surface area contributed by atoms with Crippen molar-refractivity contribution in [3.63, 3.8) is 0 Å². The summed E-state index contributed by atoms with van der Waals surface area (Å²) in [6.07, 6.45) is -0.000939. The van der Waals surface area contributed by atoms with Crippen LogP contribution in [0.25, 0.3) is 0 Å². The van der Waals surface area contributed by atoms with Crippen molar-refractivity contribution >= 4 is 5.91 Å². The van der Waals surface area contributed by atoms with Crippen molar-refractivity contribution in [1.29, 1.82) is 0 Å². The van der Waals surface area contributed by atoms with Gasteiger partial charge >= 0.3 is 6.18 Å². The zero-order valence-electron chi connectivity index (χ0n) is 20.8. The molecule has 9 heteroatoms. The van der Waals surface area contributed by atoms with E-state index in [-0.39, 0.29) is 16.7 Å². The second kappa shape index (κ2) is 9.60. The van der Waals surface area contributed by atoms with Crippen molar-refractivity contribution in [3.05, 3.63) is 46.6 Å². The first-order valence-corrected chi connectivity index (χ1v) is 11.7. The number of halogens is 3. The number of carbonyl (C=O) groups excluding carboxylic acids is 1. The van der Waals surface area contributed by atoms with Crippen LogP contribution in [0.4, 0.5) is 13.2 Å². The van der Waals surface area contributed by atoms with Crippen molar-refractivity contribution in [1.82, 2.24) is 15.3 Å². The molecule has 2 aromatic rings. The molecule has 1 aromatic carbocycles. The largest absolute Gasteiger partial charge is 0.416 e. The predicted octanol–water partition coefficient (Wildman–Crippen LogP) is 5.75. The van der Waals surface area contributed by atoms with Crippen molar-refractivity contribution in [2.24, 2.45) is 10.9 Å². The van der Waals surface area contributed by atoms with Crippen LogP contribution in [0.2, 0.25) is 0 Å². The highest BCUT2D eigenvalue weighted by atomic mass is 19.4. The Bertz CT molecular complexity index is 1080. The quantitative estimate of drug-likeness (QED) is 0.518. The zero-order chi connectivity index (χ0) is 25.3. The molecule has 188 valence electrons. The Morgan fingerprint density at radius 3 is 2.35 bits per heavy atom. The van der Waals surface area contributed by atoms with Gasteiger partial charge in [0, 0.05) is 29.3 Å². The standard InChI is InChI=1S/C25H35F3N4O2/c1-23(2,3)20-15-21(32(30-20)13-12-16-8-7-9-16)29-22(33)18-14-17(25(26,27)28)10-11-19(18)34-31-24(4,5)6/h10-11,14-16,30-31H,7-9,12-13H2,1-6H3. The number of carbonyl (C=O) groups is 1.